The molecule has 20 heavy (non-hydrogen) atoms. The normalized spacial score (nSPS) is 13.6. The molecule has 0 unspecified atom stereocenters. The number of nitrogens with one attached hydrogen (secondary N) is 1. The third kappa shape index (κ3) is 3.87. The molecule has 0 radical (unpaired) electrons. The summed E-state index contributed by atoms with van der Waals surface area (Å²) in [6.07, 6.45) is 5.06. The molecule has 2 aromatic rings. The summed E-state index contributed by atoms with van der Waals surface area (Å²) < 4.78 is 0. The van der Waals surface area contributed by atoms with Crippen LogP contribution >= 0.6 is 23.1 Å². The highest BCUT2D eigenvalue weighted by atomic mass is 32.2. The van der Waals surface area contributed by atoms with E-state index in [1.165, 1.54) is 29.0 Å². The quantitative estimate of drug-likeness (QED) is 0.609. The number of hydrogen-bond acceptors (Lipinski definition) is 3. The summed E-state index contributed by atoms with van der Waals surface area (Å²) in [5, 5.41) is 5.68. The highest BCUT2D eigenvalue weighted by Gasteiger charge is 2.10. The van der Waals surface area contributed by atoms with Crippen LogP contribution in [-0.4, -0.2) is 18.8 Å². The maximum absolute atomic E-state index is 3.53. The molecule has 0 aliphatic heterocycles. The molecule has 3 rings (SSSR count). The van der Waals surface area contributed by atoms with Crippen LogP contribution in [0.4, 0.5) is 0 Å². The molecule has 1 N–H and O–H groups in total. The highest BCUT2D eigenvalue weighted by molar-refractivity contribution is 7.99. The van der Waals surface area contributed by atoms with Crippen molar-refractivity contribution in [2.45, 2.75) is 30.6 Å². The van der Waals surface area contributed by atoms with E-state index in [-0.39, 0.29) is 0 Å². The SMILES string of the molecule is c1csc(CCNCCSc2ccc3c(c2)CCC3)c1. The van der Waals surface area contributed by atoms with Gasteiger partial charge in [0, 0.05) is 22.1 Å². The van der Waals surface area contributed by atoms with E-state index in [1.54, 1.807) is 11.1 Å². The Bertz CT molecular complexity index is 534. The fourth-order valence-electron chi connectivity index (χ4n) is 2.67. The summed E-state index contributed by atoms with van der Waals surface area (Å²) in [5.74, 6) is 1.16. The molecule has 1 aliphatic carbocycles. The standard InChI is InChI=1S/C17H21NS2/c1-3-14-6-7-17(13-15(14)4-1)20-12-10-18-9-8-16-5-2-11-19-16/h2,5-7,11,13,18H,1,3-4,8-10,12H2. The van der Waals surface area contributed by atoms with E-state index in [0.29, 0.717) is 0 Å². The van der Waals surface area contributed by atoms with Crippen molar-refractivity contribution in [2.75, 3.05) is 18.8 Å². The van der Waals surface area contributed by atoms with Crippen molar-refractivity contribution in [3.63, 3.8) is 0 Å². The molecule has 1 aromatic carbocycles. The Kier molecular flexibility index (Phi) is 5.17. The van der Waals surface area contributed by atoms with Crippen molar-refractivity contribution >= 4 is 23.1 Å². The first-order valence-corrected chi connectivity index (χ1v) is 9.26. The monoisotopic (exact) mass is 303 g/mol. The lowest BCUT2D eigenvalue weighted by Crippen LogP contribution is -2.19. The van der Waals surface area contributed by atoms with E-state index in [2.05, 4.69) is 41.0 Å². The number of thiophene rings is 1. The molecular weight excluding hydrogens is 282 g/mol. The van der Waals surface area contributed by atoms with Crippen molar-refractivity contribution in [3.8, 4) is 0 Å². The summed E-state index contributed by atoms with van der Waals surface area (Å²) in [5.41, 5.74) is 3.16. The van der Waals surface area contributed by atoms with Crippen molar-refractivity contribution in [2.24, 2.45) is 0 Å². The Labute approximate surface area is 129 Å². The number of benzene rings is 1. The number of aryl methyl sites for hydroxylation is 2. The highest BCUT2D eigenvalue weighted by Crippen LogP contribution is 2.27. The smallest absolute Gasteiger partial charge is 0.0106 e. The minimum absolute atomic E-state index is 1.09. The minimum atomic E-state index is 1.09. The summed E-state index contributed by atoms with van der Waals surface area (Å²) >= 11 is 3.82. The predicted molar refractivity (Wildman–Crippen MR) is 90.1 cm³/mol. The van der Waals surface area contributed by atoms with E-state index in [0.717, 1.165) is 25.3 Å². The molecule has 1 nitrogen and oxygen atoms in total. The average Bonchev–Trinajstić information content (AvgIpc) is 3.13. The van der Waals surface area contributed by atoms with Gasteiger partial charge in [-0.2, -0.15) is 0 Å². The second kappa shape index (κ2) is 7.30. The summed E-state index contributed by atoms with van der Waals surface area (Å²) in [4.78, 5) is 2.91. The summed E-state index contributed by atoms with van der Waals surface area (Å²) in [7, 11) is 0. The van der Waals surface area contributed by atoms with E-state index in [9.17, 15) is 0 Å². The van der Waals surface area contributed by atoms with Crippen LogP contribution in [0.3, 0.4) is 0 Å². The first-order chi connectivity index (χ1) is 9.92. The molecule has 0 fully saturated rings. The second-order valence-electron chi connectivity index (χ2n) is 5.21. The van der Waals surface area contributed by atoms with Gasteiger partial charge in [-0.25, -0.2) is 0 Å². The van der Waals surface area contributed by atoms with Crippen molar-refractivity contribution in [1.29, 1.82) is 0 Å². The zero-order chi connectivity index (χ0) is 13.6. The van der Waals surface area contributed by atoms with Crippen LogP contribution in [0.2, 0.25) is 0 Å². The van der Waals surface area contributed by atoms with Gasteiger partial charge in [-0.1, -0.05) is 12.1 Å². The van der Waals surface area contributed by atoms with Gasteiger partial charge < -0.3 is 5.32 Å². The first-order valence-electron chi connectivity index (χ1n) is 7.39. The Morgan fingerprint density at radius 3 is 2.95 bits per heavy atom. The molecule has 1 heterocycles. The number of fused-ring (bicyclic) bond motifs is 1. The van der Waals surface area contributed by atoms with Crippen LogP contribution in [-0.2, 0) is 19.3 Å². The van der Waals surface area contributed by atoms with E-state index in [1.807, 2.05) is 23.1 Å². The first kappa shape index (κ1) is 14.2. The third-order valence-corrected chi connectivity index (χ3v) is 5.68. The molecule has 0 bridgehead atoms. The maximum atomic E-state index is 3.53. The fraction of sp³-hybridized carbons (Fsp3) is 0.412. The zero-order valence-corrected chi connectivity index (χ0v) is 13.4. The molecule has 0 atom stereocenters. The van der Waals surface area contributed by atoms with E-state index < -0.39 is 0 Å². The van der Waals surface area contributed by atoms with Gasteiger partial charge in [0.1, 0.15) is 0 Å². The van der Waals surface area contributed by atoms with Gasteiger partial charge in [0.25, 0.3) is 0 Å². The molecule has 3 heteroatoms. The number of rotatable bonds is 7. The van der Waals surface area contributed by atoms with Crippen LogP contribution in [0, 0.1) is 0 Å². The Morgan fingerprint density at radius 2 is 2.05 bits per heavy atom. The predicted octanol–water partition coefficient (Wildman–Crippen LogP) is 4.16. The fourth-order valence-corrected chi connectivity index (χ4v) is 4.25. The van der Waals surface area contributed by atoms with Crippen LogP contribution in [0.25, 0.3) is 0 Å². The van der Waals surface area contributed by atoms with Gasteiger partial charge >= 0.3 is 0 Å². The van der Waals surface area contributed by atoms with Crippen LogP contribution in [0.15, 0.2) is 40.6 Å². The van der Waals surface area contributed by atoms with Crippen molar-refractivity contribution in [3.05, 3.63) is 51.7 Å². The lowest BCUT2D eigenvalue weighted by Gasteiger charge is -2.06. The molecule has 0 amide bonds. The van der Waals surface area contributed by atoms with Gasteiger partial charge in [-0.05, 0) is 66.9 Å². The van der Waals surface area contributed by atoms with Gasteiger partial charge in [0.05, 0.1) is 0 Å². The minimum Gasteiger partial charge on any atom is -0.316 e. The van der Waals surface area contributed by atoms with Crippen molar-refractivity contribution in [1.82, 2.24) is 5.32 Å². The van der Waals surface area contributed by atoms with Gasteiger partial charge in [-0.3, -0.25) is 0 Å². The molecule has 1 aliphatic rings. The molecule has 0 spiro atoms. The molecular formula is C17H21NS2. The van der Waals surface area contributed by atoms with Crippen molar-refractivity contribution < 1.29 is 0 Å². The maximum Gasteiger partial charge on any atom is 0.0106 e. The molecule has 0 saturated carbocycles. The largest absolute Gasteiger partial charge is 0.316 e. The summed E-state index contributed by atoms with van der Waals surface area (Å²) in [6.45, 7) is 2.18. The lowest BCUT2D eigenvalue weighted by atomic mass is 10.1. The molecule has 0 saturated heterocycles. The molecule has 106 valence electrons. The zero-order valence-electron chi connectivity index (χ0n) is 11.7. The van der Waals surface area contributed by atoms with Crippen LogP contribution < -0.4 is 5.32 Å². The lowest BCUT2D eigenvalue weighted by molar-refractivity contribution is 0.725. The van der Waals surface area contributed by atoms with E-state index in [4.69, 9.17) is 0 Å². The topological polar surface area (TPSA) is 12.0 Å². The van der Waals surface area contributed by atoms with Crippen LogP contribution in [0.5, 0.6) is 0 Å². The van der Waals surface area contributed by atoms with Gasteiger partial charge in [-0.15, -0.1) is 23.1 Å². The number of hydrogen-bond donors (Lipinski definition) is 1. The third-order valence-electron chi connectivity index (χ3n) is 3.75. The second-order valence-corrected chi connectivity index (χ2v) is 7.41. The Balaban J connectivity index is 1.33. The summed E-state index contributed by atoms with van der Waals surface area (Å²) in [6, 6.07) is 11.4. The van der Waals surface area contributed by atoms with Gasteiger partial charge in [0.15, 0.2) is 0 Å². The Hall–Kier alpha value is -0.770. The number of thioether (sulfide) groups is 1. The Morgan fingerprint density at radius 1 is 1.10 bits per heavy atom. The van der Waals surface area contributed by atoms with Gasteiger partial charge in [0.2, 0.25) is 0 Å². The van der Waals surface area contributed by atoms with E-state index >= 15 is 0 Å². The van der Waals surface area contributed by atoms with Crippen LogP contribution in [0.1, 0.15) is 22.4 Å². The average molecular weight is 303 g/mol. The molecule has 1 aromatic heterocycles.